The maximum atomic E-state index is 13.2. The number of halogens is 2. The molecule has 1 saturated heterocycles. The van der Waals surface area contributed by atoms with Gasteiger partial charge in [0.05, 0.1) is 24.7 Å². The van der Waals surface area contributed by atoms with Crippen LogP contribution in [0.1, 0.15) is 11.1 Å². The van der Waals surface area contributed by atoms with E-state index in [0.717, 1.165) is 11.1 Å². The second-order valence-corrected chi connectivity index (χ2v) is 8.91. The predicted octanol–water partition coefficient (Wildman–Crippen LogP) is 1.87. The molecule has 1 fully saturated rings. The van der Waals surface area contributed by atoms with Crippen molar-refractivity contribution >= 4 is 23.4 Å². The van der Waals surface area contributed by atoms with Crippen molar-refractivity contribution < 1.29 is 18.7 Å². The Kier molecular flexibility index (Phi) is 9.41. The lowest BCUT2D eigenvalue weighted by Gasteiger charge is -2.44. The summed E-state index contributed by atoms with van der Waals surface area (Å²) in [5.74, 6) is -0.625. The summed E-state index contributed by atoms with van der Waals surface area (Å²) in [6, 6.07) is 12.0. The average Bonchev–Trinajstić information content (AvgIpc) is 2.84. The third kappa shape index (κ3) is 6.54. The fourth-order valence-electron chi connectivity index (χ4n) is 4.39. The Morgan fingerprint density at radius 1 is 1.18 bits per heavy atom. The van der Waals surface area contributed by atoms with Gasteiger partial charge in [0.2, 0.25) is 11.8 Å². The number of likely N-dealkylation sites (N-methyl/N-ethyl adjacent to an activating group) is 1. The van der Waals surface area contributed by atoms with Crippen LogP contribution in [0.4, 0.5) is 4.39 Å². The summed E-state index contributed by atoms with van der Waals surface area (Å²) in [4.78, 5) is 29.8. The van der Waals surface area contributed by atoms with E-state index in [1.54, 1.807) is 31.2 Å². The number of methoxy groups -OCH3 is 1. The van der Waals surface area contributed by atoms with Crippen LogP contribution in [0.3, 0.4) is 0 Å². The number of benzene rings is 2. The zero-order valence-electron chi connectivity index (χ0n) is 19.5. The fourth-order valence-corrected chi connectivity index (χ4v) is 4.60. The SMILES string of the molecule is CNC(=O)C(Cc1ccccc1Cl)N1CCN(C(=O)C(N)Cc2ccc(F)cc2)C(COC)C1. The van der Waals surface area contributed by atoms with E-state index in [9.17, 15) is 14.0 Å². The Balaban J connectivity index is 1.72. The molecule has 34 heavy (non-hydrogen) atoms. The van der Waals surface area contributed by atoms with Gasteiger partial charge in [-0.1, -0.05) is 41.9 Å². The maximum absolute atomic E-state index is 13.2. The third-order valence-corrected chi connectivity index (χ3v) is 6.57. The first-order valence-corrected chi connectivity index (χ1v) is 11.7. The monoisotopic (exact) mass is 490 g/mol. The molecule has 0 spiro atoms. The zero-order valence-corrected chi connectivity index (χ0v) is 20.3. The van der Waals surface area contributed by atoms with Crippen molar-refractivity contribution in [2.24, 2.45) is 5.73 Å². The first kappa shape index (κ1) is 26.1. The number of rotatable bonds is 9. The molecule has 184 valence electrons. The minimum absolute atomic E-state index is 0.108. The van der Waals surface area contributed by atoms with E-state index in [0.29, 0.717) is 44.1 Å². The van der Waals surface area contributed by atoms with Gasteiger partial charge in [-0.05, 0) is 42.2 Å². The topological polar surface area (TPSA) is 87.9 Å². The molecule has 3 unspecified atom stereocenters. The molecule has 3 atom stereocenters. The summed E-state index contributed by atoms with van der Waals surface area (Å²) in [5.41, 5.74) is 7.93. The van der Waals surface area contributed by atoms with E-state index in [1.807, 2.05) is 24.3 Å². The van der Waals surface area contributed by atoms with Crippen molar-refractivity contribution in [1.82, 2.24) is 15.1 Å². The molecule has 2 aromatic carbocycles. The molecule has 0 aliphatic carbocycles. The molecule has 1 heterocycles. The van der Waals surface area contributed by atoms with Gasteiger partial charge in [0.1, 0.15) is 5.82 Å². The molecule has 2 aromatic rings. The number of amides is 2. The molecule has 7 nitrogen and oxygen atoms in total. The highest BCUT2D eigenvalue weighted by atomic mass is 35.5. The lowest BCUT2D eigenvalue weighted by molar-refractivity contribution is -0.141. The predicted molar refractivity (Wildman–Crippen MR) is 130 cm³/mol. The van der Waals surface area contributed by atoms with Crippen LogP contribution in [0.5, 0.6) is 0 Å². The van der Waals surface area contributed by atoms with Crippen LogP contribution in [0, 0.1) is 5.82 Å². The molecule has 3 N–H and O–H groups in total. The number of nitrogens with one attached hydrogen (secondary N) is 1. The molecule has 3 rings (SSSR count). The first-order chi connectivity index (χ1) is 16.3. The van der Waals surface area contributed by atoms with E-state index >= 15 is 0 Å². The Labute approximate surface area is 205 Å². The number of ether oxygens (including phenoxy) is 1. The number of piperazine rings is 1. The van der Waals surface area contributed by atoms with E-state index in [2.05, 4.69) is 10.2 Å². The second kappa shape index (κ2) is 12.3. The number of nitrogens with zero attached hydrogens (tertiary/aromatic N) is 2. The Bertz CT molecular complexity index is 975. The first-order valence-electron chi connectivity index (χ1n) is 11.3. The summed E-state index contributed by atoms with van der Waals surface area (Å²) in [6.07, 6.45) is 0.767. The van der Waals surface area contributed by atoms with Crippen molar-refractivity contribution in [1.29, 1.82) is 0 Å². The number of hydrogen-bond donors (Lipinski definition) is 2. The van der Waals surface area contributed by atoms with Gasteiger partial charge in [0.15, 0.2) is 0 Å². The van der Waals surface area contributed by atoms with Crippen molar-refractivity contribution in [3.63, 3.8) is 0 Å². The normalized spacial score (nSPS) is 18.4. The summed E-state index contributed by atoms with van der Waals surface area (Å²) < 4.78 is 18.6. The molecule has 0 radical (unpaired) electrons. The number of carbonyl (C=O) groups is 2. The van der Waals surface area contributed by atoms with Crippen LogP contribution in [0.2, 0.25) is 5.02 Å². The lowest BCUT2D eigenvalue weighted by Crippen LogP contribution is -2.63. The van der Waals surface area contributed by atoms with E-state index in [4.69, 9.17) is 22.1 Å². The van der Waals surface area contributed by atoms with Gasteiger partial charge in [-0.2, -0.15) is 0 Å². The molecule has 0 saturated carbocycles. The molecular formula is C25H32ClFN4O3. The van der Waals surface area contributed by atoms with E-state index < -0.39 is 12.1 Å². The summed E-state index contributed by atoms with van der Waals surface area (Å²) in [6.45, 7) is 1.71. The molecule has 0 bridgehead atoms. The van der Waals surface area contributed by atoms with Crippen molar-refractivity contribution in [2.75, 3.05) is 40.4 Å². The quantitative estimate of drug-likeness (QED) is 0.560. The number of carbonyl (C=O) groups excluding carboxylic acids is 2. The molecule has 0 aromatic heterocycles. The van der Waals surface area contributed by atoms with Crippen molar-refractivity contribution in [2.45, 2.75) is 31.0 Å². The molecule has 9 heteroatoms. The Morgan fingerprint density at radius 3 is 2.53 bits per heavy atom. The summed E-state index contributed by atoms with van der Waals surface area (Å²) >= 11 is 6.35. The lowest BCUT2D eigenvalue weighted by atomic mass is 10.00. The zero-order chi connectivity index (χ0) is 24.7. The van der Waals surface area contributed by atoms with Crippen molar-refractivity contribution in [3.8, 4) is 0 Å². The van der Waals surface area contributed by atoms with Gasteiger partial charge in [0, 0.05) is 38.8 Å². The highest BCUT2D eigenvalue weighted by Crippen LogP contribution is 2.22. The van der Waals surface area contributed by atoms with Gasteiger partial charge in [-0.25, -0.2) is 4.39 Å². The van der Waals surface area contributed by atoms with Crippen LogP contribution in [-0.2, 0) is 27.2 Å². The molecule has 2 amide bonds. The second-order valence-electron chi connectivity index (χ2n) is 8.50. The Morgan fingerprint density at radius 2 is 1.88 bits per heavy atom. The van der Waals surface area contributed by atoms with Gasteiger partial charge < -0.3 is 20.7 Å². The third-order valence-electron chi connectivity index (χ3n) is 6.20. The summed E-state index contributed by atoms with van der Waals surface area (Å²) in [5, 5.41) is 3.37. The van der Waals surface area contributed by atoms with Gasteiger partial charge >= 0.3 is 0 Å². The number of hydrogen-bond acceptors (Lipinski definition) is 5. The van der Waals surface area contributed by atoms with Crippen LogP contribution < -0.4 is 11.1 Å². The van der Waals surface area contributed by atoms with E-state index in [-0.39, 0.29) is 23.7 Å². The van der Waals surface area contributed by atoms with Crippen LogP contribution >= 0.6 is 11.6 Å². The molecule has 1 aliphatic rings. The van der Waals surface area contributed by atoms with Crippen LogP contribution in [0.15, 0.2) is 48.5 Å². The minimum Gasteiger partial charge on any atom is -0.382 e. The molecular weight excluding hydrogens is 459 g/mol. The van der Waals surface area contributed by atoms with E-state index in [1.165, 1.54) is 12.1 Å². The van der Waals surface area contributed by atoms with Crippen LogP contribution in [0.25, 0.3) is 0 Å². The largest absolute Gasteiger partial charge is 0.382 e. The minimum atomic E-state index is -0.755. The highest BCUT2D eigenvalue weighted by molar-refractivity contribution is 6.31. The van der Waals surface area contributed by atoms with Crippen molar-refractivity contribution in [3.05, 3.63) is 70.5 Å². The molecule has 1 aliphatic heterocycles. The Hall–Kier alpha value is -2.52. The average molecular weight is 491 g/mol. The number of nitrogens with two attached hydrogens (primary N) is 1. The van der Waals surface area contributed by atoms with Gasteiger partial charge in [-0.3, -0.25) is 14.5 Å². The van der Waals surface area contributed by atoms with Gasteiger partial charge in [0.25, 0.3) is 0 Å². The van der Waals surface area contributed by atoms with Crippen LogP contribution in [-0.4, -0.2) is 80.1 Å². The maximum Gasteiger partial charge on any atom is 0.240 e. The summed E-state index contributed by atoms with van der Waals surface area (Å²) in [7, 11) is 3.20. The smallest absolute Gasteiger partial charge is 0.240 e. The highest BCUT2D eigenvalue weighted by Gasteiger charge is 2.37. The van der Waals surface area contributed by atoms with Gasteiger partial charge in [-0.15, -0.1) is 0 Å². The fraction of sp³-hybridized carbons (Fsp3) is 0.440. The standard InChI is InChI=1S/C25H32ClFN4O3/c1-29-24(32)23(14-18-5-3-4-6-21(18)26)30-11-12-31(20(15-30)16-34-2)25(33)22(28)13-17-7-9-19(27)10-8-17/h3-10,20,22-23H,11-16,28H2,1-2H3,(H,29,32).